The number of hydrogen-bond donors (Lipinski definition) is 0. The summed E-state index contributed by atoms with van der Waals surface area (Å²) in [6, 6.07) is 30.6. The van der Waals surface area contributed by atoms with E-state index in [1.165, 1.54) is 0 Å². The monoisotopic (exact) mass is 500 g/mol. The molecular formula is C32H36O5. The molecule has 37 heavy (non-hydrogen) atoms. The van der Waals surface area contributed by atoms with Crippen LogP contribution >= 0.6 is 0 Å². The number of rotatable bonds is 10. The molecule has 3 aromatic carbocycles. The third kappa shape index (κ3) is 7.16. The summed E-state index contributed by atoms with van der Waals surface area (Å²) in [5, 5.41) is 0. The fraction of sp³-hybridized carbons (Fsp3) is 0.375. The summed E-state index contributed by atoms with van der Waals surface area (Å²) < 4.78 is 32.3. The topological polar surface area (TPSA) is 46.2 Å². The molecule has 0 unspecified atom stereocenters. The van der Waals surface area contributed by atoms with Crippen molar-refractivity contribution in [1.82, 2.24) is 0 Å². The zero-order chi connectivity index (χ0) is 25.3. The van der Waals surface area contributed by atoms with Gasteiger partial charge in [-0.2, -0.15) is 0 Å². The average molecular weight is 501 g/mol. The lowest BCUT2D eigenvalue weighted by atomic mass is 9.93. The molecule has 2 heterocycles. The third-order valence-electron chi connectivity index (χ3n) is 6.80. The summed E-state index contributed by atoms with van der Waals surface area (Å²) in [6.07, 6.45) is 4.75. The van der Waals surface area contributed by atoms with E-state index < -0.39 is 5.79 Å². The normalized spacial score (nSPS) is 27.4. The van der Waals surface area contributed by atoms with E-state index in [0.29, 0.717) is 32.8 Å². The molecule has 0 amide bonds. The summed E-state index contributed by atoms with van der Waals surface area (Å²) in [5.74, 6) is -0.855. The molecule has 2 aliphatic rings. The lowest BCUT2D eigenvalue weighted by Crippen LogP contribution is -2.59. The smallest absolute Gasteiger partial charge is 0.191 e. The maximum atomic E-state index is 6.67. The van der Waals surface area contributed by atoms with Gasteiger partial charge in [-0.3, -0.25) is 0 Å². The molecule has 5 nitrogen and oxygen atoms in total. The van der Waals surface area contributed by atoms with Crippen molar-refractivity contribution in [2.45, 2.75) is 69.8 Å². The molecule has 0 bridgehead atoms. The van der Waals surface area contributed by atoms with Crippen molar-refractivity contribution in [3.05, 3.63) is 120 Å². The fourth-order valence-corrected chi connectivity index (χ4v) is 4.97. The highest BCUT2D eigenvalue weighted by molar-refractivity contribution is 5.16. The highest BCUT2D eigenvalue weighted by atomic mass is 16.7. The Morgan fingerprint density at radius 2 is 1.30 bits per heavy atom. The number of benzene rings is 3. The minimum atomic E-state index is -0.855. The van der Waals surface area contributed by atoms with Crippen molar-refractivity contribution in [3.63, 3.8) is 0 Å². The summed E-state index contributed by atoms with van der Waals surface area (Å²) in [4.78, 5) is 0. The molecule has 0 radical (unpaired) electrons. The van der Waals surface area contributed by atoms with Crippen LogP contribution in [0.15, 0.2) is 103 Å². The second kappa shape index (κ2) is 12.6. The van der Waals surface area contributed by atoms with Crippen LogP contribution in [0, 0.1) is 0 Å². The molecule has 1 fully saturated rings. The molecule has 5 atom stereocenters. The van der Waals surface area contributed by atoms with E-state index in [2.05, 4.69) is 49.4 Å². The number of hydrogen-bond acceptors (Lipinski definition) is 5. The van der Waals surface area contributed by atoms with Crippen LogP contribution in [0.3, 0.4) is 0 Å². The van der Waals surface area contributed by atoms with Crippen LogP contribution < -0.4 is 0 Å². The third-order valence-corrected chi connectivity index (χ3v) is 6.80. The first-order valence-electron chi connectivity index (χ1n) is 13.2. The fourth-order valence-electron chi connectivity index (χ4n) is 4.97. The Balaban J connectivity index is 1.36. The van der Waals surface area contributed by atoms with Crippen molar-refractivity contribution >= 4 is 0 Å². The maximum Gasteiger partial charge on any atom is 0.191 e. The second-order valence-electron chi connectivity index (χ2n) is 9.84. The molecule has 3 aromatic rings. The SMILES string of the molecule is C[C@@H]1CC=C[C@]2(C[C@@H](OCc3ccccc3)[C@H](OCc3ccccc3)[C@@H](COCc3ccccc3)O2)O1. The summed E-state index contributed by atoms with van der Waals surface area (Å²) >= 11 is 0. The van der Waals surface area contributed by atoms with E-state index in [1.807, 2.05) is 60.7 Å². The van der Waals surface area contributed by atoms with Gasteiger partial charge in [-0.15, -0.1) is 0 Å². The highest BCUT2D eigenvalue weighted by Crippen LogP contribution is 2.39. The largest absolute Gasteiger partial charge is 0.374 e. The van der Waals surface area contributed by atoms with Gasteiger partial charge in [-0.1, -0.05) is 97.1 Å². The van der Waals surface area contributed by atoms with E-state index >= 15 is 0 Å². The summed E-state index contributed by atoms with van der Waals surface area (Å²) in [7, 11) is 0. The van der Waals surface area contributed by atoms with Gasteiger partial charge in [0.1, 0.15) is 12.2 Å². The van der Waals surface area contributed by atoms with E-state index in [1.54, 1.807) is 0 Å². The minimum absolute atomic E-state index is 0.0625. The van der Waals surface area contributed by atoms with Gasteiger partial charge in [-0.25, -0.2) is 0 Å². The predicted molar refractivity (Wildman–Crippen MR) is 143 cm³/mol. The molecule has 5 heteroatoms. The van der Waals surface area contributed by atoms with Gasteiger partial charge in [0, 0.05) is 6.42 Å². The highest BCUT2D eigenvalue weighted by Gasteiger charge is 2.49. The van der Waals surface area contributed by atoms with Crippen LogP contribution in [0.4, 0.5) is 0 Å². The van der Waals surface area contributed by atoms with Crippen molar-refractivity contribution in [2.75, 3.05) is 6.61 Å². The first-order chi connectivity index (χ1) is 18.2. The Morgan fingerprint density at radius 3 is 1.89 bits per heavy atom. The van der Waals surface area contributed by atoms with Gasteiger partial charge >= 0.3 is 0 Å². The van der Waals surface area contributed by atoms with Gasteiger partial charge in [-0.05, 0) is 36.1 Å². The Bertz CT molecular complexity index is 1100. The van der Waals surface area contributed by atoms with E-state index in [9.17, 15) is 0 Å². The Kier molecular flexibility index (Phi) is 8.82. The summed E-state index contributed by atoms with van der Waals surface area (Å²) in [6.45, 7) is 3.90. The lowest BCUT2D eigenvalue weighted by Gasteiger charge is -2.48. The van der Waals surface area contributed by atoms with Gasteiger partial charge in [0.2, 0.25) is 0 Å². The Labute approximate surface area is 220 Å². The molecule has 0 aromatic heterocycles. The van der Waals surface area contributed by atoms with Crippen molar-refractivity contribution in [1.29, 1.82) is 0 Å². The molecule has 5 rings (SSSR count). The van der Waals surface area contributed by atoms with Crippen LogP contribution in [0.2, 0.25) is 0 Å². The molecular weight excluding hydrogens is 464 g/mol. The van der Waals surface area contributed by atoms with E-state index in [0.717, 1.165) is 23.1 Å². The lowest BCUT2D eigenvalue weighted by molar-refractivity contribution is -0.327. The predicted octanol–water partition coefficient (Wildman–Crippen LogP) is 6.22. The maximum absolute atomic E-state index is 6.67. The standard InChI is InChI=1S/C32H36O5/c1-25-12-11-19-32(36-25)20-29(34-22-27-15-7-3-8-16-27)31(35-23-28-17-9-4-10-18-28)30(37-32)24-33-21-26-13-5-2-6-14-26/h2-11,13-19,25,29-31H,12,20-24H2,1H3/t25-,29-,30-,31+,32+/m1/s1. The molecule has 194 valence electrons. The first kappa shape index (κ1) is 25.8. The van der Waals surface area contributed by atoms with Gasteiger partial charge in [0.15, 0.2) is 5.79 Å². The molecule has 1 saturated heterocycles. The van der Waals surface area contributed by atoms with Crippen LogP contribution in [-0.2, 0) is 43.5 Å². The Hall–Kier alpha value is -2.80. The minimum Gasteiger partial charge on any atom is -0.374 e. The van der Waals surface area contributed by atoms with Crippen molar-refractivity contribution in [3.8, 4) is 0 Å². The van der Waals surface area contributed by atoms with Crippen LogP contribution in [0.25, 0.3) is 0 Å². The van der Waals surface area contributed by atoms with Crippen LogP contribution in [0.5, 0.6) is 0 Å². The van der Waals surface area contributed by atoms with Crippen LogP contribution in [0.1, 0.15) is 36.5 Å². The number of ether oxygens (including phenoxy) is 5. The molecule has 0 N–H and O–H groups in total. The van der Waals surface area contributed by atoms with Crippen LogP contribution in [-0.4, -0.2) is 36.8 Å². The van der Waals surface area contributed by atoms with E-state index in [-0.39, 0.29) is 24.4 Å². The zero-order valence-corrected chi connectivity index (χ0v) is 21.4. The molecule has 1 spiro atoms. The van der Waals surface area contributed by atoms with Gasteiger partial charge in [0.25, 0.3) is 0 Å². The van der Waals surface area contributed by atoms with Crippen molar-refractivity contribution in [2.24, 2.45) is 0 Å². The Morgan fingerprint density at radius 1 is 0.730 bits per heavy atom. The van der Waals surface area contributed by atoms with Gasteiger partial charge < -0.3 is 23.7 Å². The molecule has 0 saturated carbocycles. The van der Waals surface area contributed by atoms with E-state index in [4.69, 9.17) is 23.7 Å². The quantitative estimate of drug-likeness (QED) is 0.309. The molecule has 2 aliphatic heterocycles. The average Bonchev–Trinajstić information content (AvgIpc) is 2.93. The summed E-state index contributed by atoms with van der Waals surface area (Å²) in [5.41, 5.74) is 3.35. The van der Waals surface area contributed by atoms with Gasteiger partial charge in [0.05, 0.1) is 38.6 Å². The van der Waals surface area contributed by atoms with Crippen molar-refractivity contribution < 1.29 is 23.7 Å². The second-order valence-corrected chi connectivity index (χ2v) is 9.84. The zero-order valence-electron chi connectivity index (χ0n) is 21.4. The first-order valence-corrected chi connectivity index (χ1v) is 13.2. The molecule has 0 aliphatic carbocycles.